The topological polar surface area (TPSA) is 20.3 Å². The van der Waals surface area contributed by atoms with Crippen LogP contribution >= 0.6 is 27.7 Å². The van der Waals surface area contributed by atoms with Crippen LogP contribution in [0.3, 0.4) is 0 Å². The number of carbonyl (C=O) groups excluding carboxylic acids is 1. The molecule has 1 aliphatic heterocycles. The van der Waals surface area contributed by atoms with Crippen molar-refractivity contribution < 1.29 is 4.79 Å². The molecule has 2 rings (SSSR count). The van der Waals surface area contributed by atoms with Crippen LogP contribution in [0.1, 0.15) is 24.7 Å². The molecular weight excluding hydrogens is 298 g/mol. The van der Waals surface area contributed by atoms with Gasteiger partial charge >= 0.3 is 0 Å². The summed E-state index contributed by atoms with van der Waals surface area (Å²) in [6.45, 7) is 4.71. The fourth-order valence-electron chi connectivity index (χ4n) is 1.87. The molecule has 2 nitrogen and oxygen atoms in total. The number of amides is 1. The standard InChI is InChI=1S/C13H14BrNOS/c1-3-15-9(2)8-17-12(13(15)16)10-4-6-11(14)7-5-10/h4-8,12H,3H2,1-2H3. The van der Waals surface area contributed by atoms with Crippen molar-refractivity contribution >= 4 is 33.6 Å². The van der Waals surface area contributed by atoms with Crippen LogP contribution in [0.15, 0.2) is 39.8 Å². The van der Waals surface area contributed by atoms with Crippen molar-refractivity contribution in [2.24, 2.45) is 0 Å². The van der Waals surface area contributed by atoms with E-state index in [-0.39, 0.29) is 11.2 Å². The van der Waals surface area contributed by atoms with Crippen LogP contribution in [0, 0.1) is 0 Å². The molecule has 90 valence electrons. The van der Waals surface area contributed by atoms with Crippen LogP contribution in [0.25, 0.3) is 0 Å². The molecule has 0 radical (unpaired) electrons. The van der Waals surface area contributed by atoms with Crippen LogP contribution in [0.2, 0.25) is 0 Å². The number of rotatable bonds is 2. The maximum atomic E-state index is 12.3. The number of benzene rings is 1. The van der Waals surface area contributed by atoms with Gasteiger partial charge in [-0.05, 0) is 37.0 Å². The highest BCUT2D eigenvalue weighted by atomic mass is 79.9. The molecule has 1 atom stereocenters. The average Bonchev–Trinajstić information content (AvgIpc) is 2.31. The van der Waals surface area contributed by atoms with Gasteiger partial charge in [-0.1, -0.05) is 28.1 Å². The first kappa shape index (κ1) is 12.7. The average molecular weight is 312 g/mol. The molecule has 0 aliphatic carbocycles. The Kier molecular flexibility index (Phi) is 3.94. The number of thioether (sulfide) groups is 1. The second-order valence-electron chi connectivity index (χ2n) is 3.91. The number of hydrogen-bond acceptors (Lipinski definition) is 2. The maximum Gasteiger partial charge on any atom is 0.244 e. The van der Waals surface area contributed by atoms with Crippen molar-refractivity contribution in [3.8, 4) is 0 Å². The lowest BCUT2D eigenvalue weighted by Crippen LogP contribution is -2.34. The van der Waals surface area contributed by atoms with Gasteiger partial charge < -0.3 is 4.90 Å². The highest BCUT2D eigenvalue weighted by molar-refractivity contribution is 9.10. The smallest absolute Gasteiger partial charge is 0.244 e. The normalized spacial score (nSPS) is 20.4. The number of carbonyl (C=O) groups is 1. The fraction of sp³-hybridized carbons (Fsp3) is 0.308. The summed E-state index contributed by atoms with van der Waals surface area (Å²) < 4.78 is 1.04. The number of hydrogen-bond donors (Lipinski definition) is 0. The Hall–Kier alpha value is -0.740. The van der Waals surface area contributed by atoms with Crippen LogP contribution in [-0.4, -0.2) is 17.4 Å². The molecule has 17 heavy (non-hydrogen) atoms. The highest BCUT2D eigenvalue weighted by Crippen LogP contribution is 2.37. The molecule has 4 heteroatoms. The minimum atomic E-state index is -0.105. The Morgan fingerprint density at radius 2 is 2.00 bits per heavy atom. The molecule has 1 aliphatic rings. The van der Waals surface area contributed by atoms with E-state index < -0.39 is 0 Å². The first-order valence-electron chi connectivity index (χ1n) is 5.52. The molecule has 0 bridgehead atoms. The Morgan fingerprint density at radius 1 is 1.35 bits per heavy atom. The van der Waals surface area contributed by atoms with Gasteiger partial charge in [-0.15, -0.1) is 11.8 Å². The second kappa shape index (κ2) is 5.27. The van der Waals surface area contributed by atoms with Crippen LogP contribution < -0.4 is 0 Å². The van der Waals surface area contributed by atoms with Gasteiger partial charge in [0.25, 0.3) is 0 Å². The van der Waals surface area contributed by atoms with E-state index in [0.717, 1.165) is 22.3 Å². The molecule has 1 unspecified atom stereocenters. The summed E-state index contributed by atoms with van der Waals surface area (Å²) >= 11 is 4.99. The Balaban J connectivity index is 2.29. The van der Waals surface area contributed by atoms with Gasteiger partial charge in [0, 0.05) is 16.7 Å². The van der Waals surface area contributed by atoms with Crippen molar-refractivity contribution in [2.75, 3.05) is 6.54 Å². The third-order valence-electron chi connectivity index (χ3n) is 2.78. The summed E-state index contributed by atoms with van der Waals surface area (Å²) in [5.74, 6) is 0.180. The van der Waals surface area contributed by atoms with E-state index in [1.165, 1.54) is 0 Å². The zero-order valence-electron chi connectivity index (χ0n) is 9.81. The van der Waals surface area contributed by atoms with E-state index in [0.29, 0.717) is 0 Å². The first-order valence-corrected chi connectivity index (χ1v) is 7.26. The second-order valence-corrected chi connectivity index (χ2v) is 5.80. The van der Waals surface area contributed by atoms with Gasteiger partial charge in [-0.25, -0.2) is 0 Å². The lowest BCUT2D eigenvalue weighted by Gasteiger charge is -2.30. The van der Waals surface area contributed by atoms with Gasteiger partial charge in [0.15, 0.2) is 0 Å². The predicted molar refractivity (Wildman–Crippen MR) is 75.6 cm³/mol. The van der Waals surface area contributed by atoms with E-state index >= 15 is 0 Å². The number of nitrogens with zero attached hydrogens (tertiary/aromatic N) is 1. The third-order valence-corrected chi connectivity index (χ3v) is 4.53. The van der Waals surface area contributed by atoms with Crippen molar-refractivity contribution in [2.45, 2.75) is 19.1 Å². The van der Waals surface area contributed by atoms with E-state index in [1.54, 1.807) is 11.8 Å². The first-order chi connectivity index (χ1) is 8.13. The zero-order chi connectivity index (χ0) is 12.4. The molecule has 0 saturated carbocycles. The van der Waals surface area contributed by atoms with E-state index in [1.807, 2.05) is 43.0 Å². The van der Waals surface area contributed by atoms with E-state index in [2.05, 4.69) is 21.3 Å². The van der Waals surface area contributed by atoms with Crippen LogP contribution in [-0.2, 0) is 4.79 Å². The molecular formula is C13H14BrNOS. The molecule has 0 saturated heterocycles. The van der Waals surface area contributed by atoms with Gasteiger partial charge in [0.05, 0.1) is 0 Å². The van der Waals surface area contributed by atoms with Crippen molar-refractivity contribution in [3.05, 3.63) is 45.4 Å². The quantitative estimate of drug-likeness (QED) is 0.824. The van der Waals surface area contributed by atoms with Gasteiger partial charge in [0.2, 0.25) is 5.91 Å². The molecule has 1 aromatic rings. The molecule has 1 heterocycles. The largest absolute Gasteiger partial charge is 0.315 e. The minimum Gasteiger partial charge on any atom is -0.315 e. The van der Waals surface area contributed by atoms with Crippen LogP contribution in [0.5, 0.6) is 0 Å². The summed E-state index contributed by atoms with van der Waals surface area (Å²) in [6.07, 6.45) is 0. The van der Waals surface area contributed by atoms with E-state index in [9.17, 15) is 4.79 Å². The number of halogens is 1. The summed E-state index contributed by atoms with van der Waals surface area (Å²) in [5, 5.41) is 1.96. The third kappa shape index (κ3) is 2.58. The van der Waals surface area contributed by atoms with Gasteiger partial charge in [0.1, 0.15) is 5.25 Å². The lowest BCUT2D eigenvalue weighted by atomic mass is 10.1. The van der Waals surface area contributed by atoms with Crippen molar-refractivity contribution in [1.29, 1.82) is 0 Å². The fourth-order valence-corrected chi connectivity index (χ4v) is 3.15. The molecule has 1 amide bonds. The number of likely N-dealkylation sites (N-methyl/N-ethyl adjacent to an activating group) is 1. The Morgan fingerprint density at radius 3 is 2.59 bits per heavy atom. The zero-order valence-corrected chi connectivity index (χ0v) is 12.2. The predicted octanol–water partition coefficient (Wildman–Crippen LogP) is 3.95. The highest BCUT2D eigenvalue weighted by Gasteiger charge is 2.29. The van der Waals surface area contributed by atoms with Crippen molar-refractivity contribution in [1.82, 2.24) is 4.90 Å². The summed E-state index contributed by atoms with van der Waals surface area (Å²) in [6, 6.07) is 7.96. The van der Waals surface area contributed by atoms with Gasteiger partial charge in [-0.3, -0.25) is 4.79 Å². The SMILES string of the molecule is CCN1C(=O)C(c2ccc(Br)cc2)SC=C1C. The molecule has 1 aromatic carbocycles. The maximum absolute atomic E-state index is 12.3. The Labute approximate surface area is 114 Å². The molecule has 0 fully saturated rings. The monoisotopic (exact) mass is 311 g/mol. The summed E-state index contributed by atoms with van der Waals surface area (Å²) in [4.78, 5) is 14.1. The number of allylic oxidation sites excluding steroid dienone is 1. The molecule has 0 aromatic heterocycles. The Bertz CT molecular complexity index is 455. The minimum absolute atomic E-state index is 0.105. The summed E-state index contributed by atoms with van der Waals surface area (Å²) in [5.41, 5.74) is 2.10. The van der Waals surface area contributed by atoms with Crippen LogP contribution in [0.4, 0.5) is 0 Å². The molecule has 0 N–H and O–H groups in total. The van der Waals surface area contributed by atoms with Gasteiger partial charge in [-0.2, -0.15) is 0 Å². The van der Waals surface area contributed by atoms with Crippen molar-refractivity contribution in [3.63, 3.8) is 0 Å². The molecule has 0 spiro atoms. The lowest BCUT2D eigenvalue weighted by molar-refractivity contribution is -0.128. The van der Waals surface area contributed by atoms with E-state index in [4.69, 9.17) is 0 Å². The summed E-state index contributed by atoms with van der Waals surface area (Å²) in [7, 11) is 0.